The Balaban J connectivity index is 1.47. The van der Waals surface area contributed by atoms with Gasteiger partial charge in [0.2, 0.25) is 0 Å². The molecule has 4 rings (SSSR count). The molecule has 0 bridgehead atoms. The fraction of sp³-hybridized carbons (Fsp3) is 0.350. The van der Waals surface area contributed by atoms with Crippen LogP contribution in [-0.2, 0) is 0 Å². The van der Waals surface area contributed by atoms with E-state index in [4.69, 9.17) is 0 Å². The maximum atomic E-state index is 12.5. The topological polar surface area (TPSA) is 53.5 Å². The van der Waals surface area contributed by atoms with Crippen molar-refractivity contribution in [1.82, 2.24) is 14.8 Å². The van der Waals surface area contributed by atoms with E-state index in [2.05, 4.69) is 16.0 Å². The molecule has 0 N–H and O–H groups in total. The number of benzene rings is 1. The number of hydrogen-bond donors (Lipinski definition) is 0. The molecule has 2 aromatic rings. The average molecular weight is 335 g/mol. The van der Waals surface area contributed by atoms with Crippen LogP contribution in [0.15, 0.2) is 48.8 Å². The number of rotatable bonds is 4. The van der Waals surface area contributed by atoms with Crippen LogP contribution in [0.2, 0.25) is 0 Å². The van der Waals surface area contributed by atoms with Gasteiger partial charge in [0, 0.05) is 31.5 Å². The van der Waals surface area contributed by atoms with Crippen LogP contribution in [0.5, 0.6) is 0 Å². The van der Waals surface area contributed by atoms with Gasteiger partial charge >= 0.3 is 0 Å². The molecule has 1 unspecified atom stereocenters. The van der Waals surface area contributed by atoms with Crippen LogP contribution >= 0.6 is 0 Å². The standard InChI is InChI=1S/C20H21N3O2/c24-19-16-7-1-2-8-17(16)20(25)23(19)13-12-22-11-4-3-9-18(22)15-6-5-10-21-14-15/h1-2,5-8,10,14,18H,3-4,9,11-13H2. The number of fused-ring (bicyclic) bond motifs is 1. The Hall–Kier alpha value is -2.53. The van der Waals surface area contributed by atoms with E-state index >= 15 is 0 Å². The second kappa shape index (κ2) is 6.76. The van der Waals surface area contributed by atoms with Crippen molar-refractivity contribution in [2.75, 3.05) is 19.6 Å². The lowest BCUT2D eigenvalue weighted by Crippen LogP contribution is -2.41. The number of nitrogens with zero attached hydrogens (tertiary/aromatic N) is 3. The van der Waals surface area contributed by atoms with E-state index in [-0.39, 0.29) is 11.8 Å². The van der Waals surface area contributed by atoms with Crippen molar-refractivity contribution in [3.05, 3.63) is 65.5 Å². The SMILES string of the molecule is O=C1c2ccccc2C(=O)N1CCN1CCCCC1c1cccnc1. The zero-order chi connectivity index (χ0) is 17.2. The van der Waals surface area contributed by atoms with E-state index in [9.17, 15) is 9.59 Å². The van der Waals surface area contributed by atoms with Gasteiger partial charge in [0.05, 0.1) is 11.1 Å². The van der Waals surface area contributed by atoms with Gasteiger partial charge in [-0.05, 0) is 43.1 Å². The number of carbonyl (C=O) groups excluding carboxylic acids is 2. The smallest absolute Gasteiger partial charge is 0.261 e. The summed E-state index contributed by atoms with van der Waals surface area (Å²) in [5.74, 6) is -0.342. The summed E-state index contributed by atoms with van der Waals surface area (Å²) in [6, 6.07) is 11.5. The zero-order valence-electron chi connectivity index (χ0n) is 14.1. The van der Waals surface area contributed by atoms with E-state index in [0.29, 0.717) is 30.3 Å². The predicted molar refractivity (Wildman–Crippen MR) is 94.2 cm³/mol. The molecule has 3 heterocycles. The van der Waals surface area contributed by atoms with E-state index < -0.39 is 0 Å². The van der Waals surface area contributed by atoms with Gasteiger partial charge in [0.15, 0.2) is 0 Å². The molecule has 25 heavy (non-hydrogen) atoms. The second-order valence-corrected chi connectivity index (χ2v) is 6.64. The lowest BCUT2D eigenvalue weighted by Gasteiger charge is -2.36. The molecular weight excluding hydrogens is 314 g/mol. The predicted octanol–water partition coefficient (Wildman–Crippen LogP) is 2.90. The summed E-state index contributed by atoms with van der Waals surface area (Å²) in [5.41, 5.74) is 2.26. The number of likely N-dealkylation sites (tertiary alicyclic amines) is 1. The molecule has 1 saturated heterocycles. The minimum atomic E-state index is -0.171. The summed E-state index contributed by atoms with van der Waals surface area (Å²) in [7, 11) is 0. The number of pyridine rings is 1. The monoisotopic (exact) mass is 335 g/mol. The molecule has 1 aromatic heterocycles. The number of carbonyl (C=O) groups is 2. The summed E-state index contributed by atoms with van der Waals surface area (Å²) in [4.78, 5) is 33.0. The Bertz CT molecular complexity index is 756. The van der Waals surface area contributed by atoms with E-state index in [1.807, 2.05) is 12.3 Å². The minimum Gasteiger partial charge on any atom is -0.295 e. The highest BCUT2D eigenvalue weighted by Crippen LogP contribution is 2.30. The molecular formula is C20H21N3O2. The van der Waals surface area contributed by atoms with Crippen LogP contribution in [-0.4, -0.2) is 46.2 Å². The second-order valence-electron chi connectivity index (χ2n) is 6.64. The highest BCUT2D eigenvalue weighted by molar-refractivity contribution is 6.21. The van der Waals surface area contributed by atoms with Crippen molar-refractivity contribution in [3.8, 4) is 0 Å². The molecule has 2 aliphatic heterocycles. The highest BCUT2D eigenvalue weighted by atomic mass is 16.2. The lowest BCUT2D eigenvalue weighted by molar-refractivity contribution is 0.0607. The van der Waals surface area contributed by atoms with Crippen LogP contribution in [0.1, 0.15) is 51.6 Å². The van der Waals surface area contributed by atoms with Gasteiger partial charge in [-0.25, -0.2) is 0 Å². The number of aromatic nitrogens is 1. The molecule has 1 aromatic carbocycles. The van der Waals surface area contributed by atoms with Crippen LogP contribution in [0.25, 0.3) is 0 Å². The highest BCUT2D eigenvalue weighted by Gasteiger charge is 2.35. The molecule has 0 saturated carbocycles. The number of amides is 2. The number of imide groups is 1. The molecule has 0 radical (unpaired) electrons. The van der Waals surface area contributed by atoms with Gasteiger partial charge < -0.3 is 0 Å². The molecule has 1 fully saturated rings. The maximum Gasteiger partial charge on any atom is 0.261 e. The molecule has 0 spiro atoms. The Morgan fingerprint density at radius 1 is 0.960 bits per heavy atom. The first-order chi connectivity index (χ1) is 12.3. The largest absolute Gasteiger partial charge is 0.295 e. The molecule has 128 valence electrons. The molecule has 1 atom stereocenters. The zero-order valence-corrected chi connectivity index (χ0v) is 14.1. The Morgan fingerprint density at radius 3 is 2.40 bits per heavy atom. The first-order valence-electron chi connectivity index (χ1n) is 8.85. The molecule has 2 aliphatic rings. The summed E-state index contributed by atoms with van der Waals surface area (Å²) in [6.45, 7) is 2.12. The van der Waals surface area contributed by atoms with Crippen LogP contribution in [0.4, 0.5) is 0 Å². The Kier molecular flexibility index (Phi) is 4.32. The third kappa shape index (κ3) is 2.96. The third-order valence-electron chi connectivity index (χ3n) is 5.17. The van der Waals surface area contributed by atoms with Crippen molar-refractivity contribution < 1.29 is 9.59 Å². The average Bonchev–Trinajstić information content (AvgIpc) is 2.92. The molecule has 2 amide bonds. The van der Waals surface area contributed by atoms with Gasteiger partial charge in [-0.2, -0.15) is 0 Å². The van der Waals surface area contributed by atoms with Crippen LogP contribution in [0, 0.1) is 0 Å². The van der Waals surface area contributed by atoms with Crippen LogP contribution in [0.3, 0.4) is 0 Å². The van der Waals surface area contributed by atoms with Crippen molar-refractivity contribution in [1.29, 1.82) is 0 Å². The fourth-order valence-electron chi connectivity index (χ4n) is 3.88. The fourth-order valence-corrected chi connectivity index (χ4v) is 3.88. The minimum absolute atomic E-state index is 0.171. The summed E-state index contributed by atoms with van der Waals surface area (Å²) < 4.78 is 0. The van der Waals surface area contributed by atoms with E-state index in [1.54, 1.807) is 30.5 Å². The van der Waals surface area contributed by atoms with Crippen molar-refractivity contribution in [2.45, 2.75) is 25.3 Å². The van der Waals surface area contributed by atoms with Crippen molar-refractivity contribution in [3.63, 3.8) is 0 Å². The summed E-state index contributed by atoms with van der Waals surface area (Å²) in [6.07, 6.45) is 7.15. The number of hydrogen-bond acceptors (Lipinski definition) is 4. The molecule has 0 aliphatic carbocycles. The summed E-state index contributed by atoms with van der Waals surface area (Å²) in [5, 5.41) is 0. The lowest BCUT2D eigenvalue weighted by atomic mass is 9.96. The van der Waals surface area contributed by atoms with Gasteiger partial charge in [0.25, 0.3) is 11.8 Å². The van der Waals surface area contributed by atoms with E-state index in [1.165, 1.54) is 16.9 Å². The van der Waals surface area contributed by atoms with Crippen molar-refractivity contribution >= 4 is 11.8 Å². The van der Waals surface area contributed by atoms with Gasteiger partial charge in [-0.15, -0.1) is 0 Å². The van der Waals surface area contributed by atoms with Gasteiger partial charge in [0.1, 0.15) is 0 Å². The first-order valence-corrected chi connectivity index (χ1v) is 8.85. The Morgan fingerprint density at radius 2 is 1.72 bits per heavy atom. The van der Waals surface area contributed by atoms with Crippen LogP contribution < -0.4 is 0 Å². The third-order valence-corrected chi connectivity index (χ3v) is 5.17. The number of piperidine rings is 1. The normalized spacial score (nSPS) is 20.8. The van der Waals surface area contributed by atoms with Crippen molar-refractivity contribution in [2.24, 2.45) is 0 Å². The van der Waals surface area contributed by atoms with E-state index in [0.717, 1.165) is 19.4 Å². The first kappa shape index (κ1) is 16.0. The summed E-state index contributed by atoms with van der Waals surface area (Å²) >= 11 is 0. The quantitative estimate of drug-likeness (QED) is 0.806. The molecule has 5 heteroatoms. The Labute approximate surface area is 147 Å². The van der Waals surface area contributed by atoms with Gasteiger partial charge in [-0.3, -0.25) is 24.4 Å². The molecule has 5 nitrogen and oxygen atoms in total. The van der Waals surface area contributed by atoms with Gasteiger partial charge in [-0.1, -0.05) is 24.6 Å². The maximum absolute atomic E-state index is 12.5.